The molecule has 1 N–H and O–H groups in total. The zero-order valence-electron chi connectivity index (χ0n) is 21.1. The standard InChI is InChI=1S/C28H37NO6/c1-5-33-27(32)35-24-20-12-13-21(16-20)28(24,29-25(30)19-9-7-6-8-10-19)26(31)34-23-15-18(4)11-14-22(23)17(2)3/h6-10,12-13,17-18,20-24H,5,11,14-16H2,1-4H3,(H,29,30)/t18-,20-,21+,22+,23-,24-,28+/m1/s1. The van der Waals surface area contributed by atoms with E-state index in [9.17, 15) is 14.4 Å². The van der Waals surface area contributed by atoms with Crippen LogP contribution in [-0.2, 0) is 19.0 Å². The molecule has 0 aliphatic heterocycles. The number of hydrogen-bond acceptors (Lipinski definition) is 6. The first-order valence-electron chi connectivity index (χ1n) is 12.9. The molecule has 2 saturated carbocycles. The summed E-state index contributed by atoms with van der Waals surface area (Å²) in [4.78, 5) is 39.8. The zero-order chi connectivity index (χ0) is 25.2. The van der Waals surface area contributed by atoms with Gasteiger partial charge in [0.05, 0.1) is 6.61 Å². The van der Waals surface area contributed by atoms with E-state index in [1.54, 1.807) is 31.2 Å². The van der Waals surface area contributed by atoms with Crippen LogP contribution >= 0.6 is 0 Å². The van der Waals surface area contributed by atoms with Crippen molar-refractivity contribution in [3.8, 4) is 0 Å². The maximum absolute atomic E-state index is 14.1. The molecule has 4 rings (SSSR count). The Kier molecular flexibility index (Phi) is 7.53. The van der Waals surface area contributed by atoms with Gasteiger partial charge in [0.1, 0.15) is 12.2 Å². The summed E-state index contributed by atoms with van der Waals surface area (Å²) < 4.78 is 17.0. The van der Waals surface area contributed by atoms with Gasteiger partial charge in [0.25, 0.3) is 5.91 Å². The quantitative estimate of drug-likeness (QED) is 0.438. The van der Waals surface area contributed by atoms with E-state index in [2.05, 4.69) is 26.1 Å². The lowest BCUT2D eigenvalue weighted by Crippen LogP contribution is -2.66. The Bertz CT molecular complexity index is 959. The van der Waals surface area contributed by atoms with Gasteiger partial charge in [0.15, 0.2) is 5.54 Å². The number of carbonyl (C=O) groups is 3. The third-order valence-corrected chi connectivity index (χ3v) is 7.94. The molecule has 3 aliphatic rings. The molecule has 0 unspecified atom stereocenters. The van der Waals surface area contributed by atoms with Crippen LogP contribution in [0, 0.1) is 29.6 Å². The van der Waals surface area contributed by atoms with Gasteiger partial charge in [-0.05, 0) is 56.1 Å². The monoisotopic (exact) mass is 483 g/mol. The lowest BCUT2D eigenvalue weighted by atomic mass is 9.75. The van der Waals surface area contributed by atoms with Gasteiger partial charge in [0, 0.05) is 17.4 Å². The molecule has 2 bridgehead atoms. The van der Waals surface area contributed by atoms with Crippen molar-refractivity contribution in [1.29, 1.82) is 0 Å². The van der Waals surface area contributed by atoms with Gasteiger partial charge >= 0.3 is 12.1 Å². The van der Waals surface area contributed by atoms with Crippen molar-refractivity contribution in [3.63, 3.8) is 0 Å². The summed E-state index contributed by atoms with van der Waals surface area (Å²) in [6, 6.07) is 8.74. The summed E-state index contributed by atoms with van der Waals surface area (Å²) in [5.41, 5.74) is -1.09. The summed E-state index contributed by atoms with van der Waals surface area (Å²) in [5.74, 6) is -0.428. The van der Waals surface area contributed by atoms with Crippen molar-refractivity contribution in [3.05, 3.63) is 48.0 Å². The number of hydrogen-bond donors (Lipinski definition) is 1. The van der Waals surface area contributed by atoms with Crippen molar-refractivity contribution >= 4 is 18.0 Å². The van der Waals surface area contributed by atoms with Crippen molar-refractivity contribution in [2.45, 2.75) is 71.1 Å². The van der Waals surface area contributed by atoms with Gasteiger partial charge in [-0.15, -0.1) is 0 Å². The second-order valence-corrected chi connectivity index (χ2v) is 10.6. The molecule has 7 heteroatoms. The summed E-state index contributed by atoms with van der Waals surface area (Å²) in [5, 5.41) is 2.98. The van der Waals surface area contributed by atoms with E-state index in [1.165, 1.54) is 0 Å². The third-order valence-electron chi connectivity index (χ3n) is 7.94. The second kappa shape index (κ2) is 10.4. The van der Waals surface area contributed by atoms with Crippen molar-refractivity contribution in [2.75, 3.05) is 6.61 Å². The summed E-state index contributed by atoms with van der Waals surface area (Å²) in [6.07, 6.45) is 5.35. The molecule has 0 saturated heterocycles. The van der Waals surface area contributed by atoms with Gasteiger partial charge in [0.2, 0.25) is 0 Å². The van der Waals surface area contributed by atoms with Gasteiger partial charge < -0.3 is 19.5 Å². The highest BCUT2D eigenvalue weighted by atomic mass is 16.7. The molecule has 3 aliphatic carbocycles. The minimum atomic E-state index is -1.51. The predicted molar refractivity (Wildman–Crippen MR) is 130 cm³/mol. The lowest BCUT2D eigenvalue weighted by Gasteiger charge is -2.42. The van der Waals surface area contributed by atoms with Crippen LogP contribution in [0.2, 0.25) is 0 Å². The van der Waals surface area contributed by atoms with Gasteiger partial charge in [-0.3, -0.25) is 4.79 Å². The number of nitrogens with one attached hydrogen (secondary N) is 1. The molecule has 35 heavy (non-hydrogen) atoms. The van der Waals surface area contributed by atoms with Crippen LogP contribution in [0.15, 0.2) is 42.5 Å². The Morgan fingerprint density at radius 2 is 1.80 bits per heavy atom. The second-order valence-electron chi connectivity index (χ2n) is 10.6. The highest BCUT2D eigenvalue weighted by molar-refractivity contribution is 5.99. The number of amides is 1. The highest BCUT2D eigenvalue weighted by Crippen LogP contribution is 2.50. The van der Waals surface area contributed by atoms with Crippen LogP contribution in [0.1, 0.15) is 63.7 Å². The third kappa shape index (κ3) is 4.95. The number of rotatable bonds is 7. The van der Waals surface area contributed by atoms with Crippen molar-refractivity contribution in [1.82, 2.24) is 5.32 Å². The van der Waals surface area contributed by atoms with Crippen LogP contribution in [-0.4, -0.2) is 42.4 Å². The Labute approximate surface area is 207 Å². The molecule has 1 aromatic carbocycles. The van der Waals surface area contributed by atoms with E-state index < -0.39 is 29.7 Å². The topological polar surface area (TPSA) is 90.9 Å². The summed E-state index contributed by atoms with van der Waals surface area (Å²) in [6.45, 7) is 8.33. The first-order valence-corrected chi connectivity index (χ1v) is 12.9. The molecule has 0 heterocycles. The average molecular weight is 484 g/mol. The molecule has 1 aromatic rings. The molecule has 0 radical (unpaired) electrons. The van der Waals surface area contributed by atoms with Crippen molar-refractivity contribution < 1.29 is 28.6 Å². The van der Waals surface area contributed by atoms with E-state index in [0.29, 0.717) is 23.8 Å². The molecular weight excluding hydrogens is 446 g/mol. The molecule has 7 atom stereocenters. The SMILES string of the molecule is CCOC(=O)O[C@@H]1[C@@H]2C=C[C@@H](C2)[C@@]1(NC(=O)c1ccccc1)C(=O)O[C@@H]1C[C@H](C)CC[C@H]1C(C)C. The van der Waals surface area contributed by atoms with Crippen LogP contribution in [0.4, 0.5) is 4.79 Å². The fraction of sp³-hybridized carbons (Fsp3) is 0.607. The Hall–Kier alpha value is -2.83. The molecule has 2 fully saturated rings. The lowest BCUT2D eigenvalue weighted by molar-refractivity contribution is -0.170. The molecular formula is C28H37NO6. The number of esters is 1. The summed E-state index contributed by atoms with van der Waals surface area (Å²) >= 11 is 0. The number of benzene rings is 1. The number of carbonyl (C=O) groups excluding carboxylic acids is 3. The Balaban J connectivity index is 1.68. The number of ether oxygens (including phenoxy) is 3. The fourth-order valence-electron chi connectivity index (χ4n) is 6.09. The van der Waals surface area contributed by atoms with E-state index in [4.69, 9.17) is 14.2 Å². The predicted octanol–water partition coefficient (Wildman–Crippen LogP) is 4.91. The first-order chi connectivity index (χ1) is 16.8. The van der Waals surface area contributed by atoms with E-state index in [0.717, 1.165) is 19.3 Å². The van der Waals surface area contributed by atoms with Crippen LogP contribution in [0.3, 0.4) is 0 Å². The highest BCUT2D eigenvalue weighted by Gasteiger charge is 2.65. The fourth-order valence-corrected chi connectivity index (χ4v) is 6.09. The number of fused-ring (bicyclic) bond motifs is 2. The average Bonchev–Trinajstić information content (AvgIpc) is 3.41. The molecule has 0 aromatic heterocycles. The largest absolute Gasteiger partial charge is 0.508 e. The summed E-state index contributed by atoms with van der Waals surface area (Å²) in [7, 11) is 0. The van der Waals surface area contributed by atoms with Gasteiger partial charge in [-0.1, -0.05) is 57.5 Å². The Morgan fingerprint density at radius 1 is 1.06 bits per heavy atom. The van der Waals surface area contributed by atoms with Crippen molar-refractivity contribution in [2.24, 2.45) is 29.6 Å². The molecule has 0 spiro atoms. The van der Waals surface area contributed by atoms with E-state index in [-0.39, 0.29) is 30.5 Å². The van der Waals surface area contributed by atoms with Crippen LogP contribution in [0.25, 0.3) is 0 Å². The maximum atomic E-state index is 14.1. The van der Waals surface area contributed by atoms with Crippen LogP contribution < -0.4 is 5.32 Å². The molecule has 7 nitrogen and oxygen atoms in total. The minimum Gasteiger partial charge on any atom is -0.460 e. The molecule has 190 valence electrons. The van der Waals surface area contributed by atoms with Crippen LogP contribution in [0.5, 0.6) is 0 Å². The minimum absolute atomic E-state index is 0.152. The Morgan fingerprint density at radius 3 is 2.49 bits per heavy atom. The zero-order valence-corrected chi connectivity index (χ0v) is 21.1. The van der Waals surface area contributed by atoms with Gasteiger partial charge in [-0.25, -0.2) is 9.59 Å². The smallest absolute Gasteiger partial charge is 0.460 e. The maximum Gasteiger partial charge on any atom is 0.508 e. The first kappa shape index (κ1) is 25.3. The van der Waals surface area contributed by atoms with E-state index >= 15 is 0 Å². The van der Waals surface area contributed by atoms with E-state index in [1.807, 2.05) is 18.2 Å². The normalized spacial score (nSPS) is 33.4. The van der Waals surface area contributed by atoms with Gasteiger partial charge in [-0.2, -0.15) is 0 Å². The molecule has 1 amide bonds.